The molecule has 0 spiro atoms. The van der Waals surface area contributed by atoms with E-state index in [0.717, 1.165) is 12.8 Å². The number of benzene rings is 1. The number of rotatable bonds is 16. The Bertz CT molecular complexity index is 533. The highest BCUT2D eigenvalue weighted by atomic mass is 16.1. The van der Waals surface area contributed by atoms with Crippen LogP contribution in [-0.4, -0.2) is 5.78 Å². The second-order valence-corrected chi connectivity index (χ2v) is 7.42. The number of unbranched alkanes of at least 4 members (excludes halogenated alkanes) is 13. The molecule has 1 aromatic rings. The molecule has 0 aliphatic carbocycles. The fraction of sp³-hybridized carbons (Fsp3) is 0.696. The standard InChI is InChI=1S/C23H37N2O/c1-2-3-4-5-6-7-8-9-10-11-12-13-14-15-19-23(26)21-17-16-18-22(20-21)25-24/h16-18,20H,2-15,19H2,1H3/q+1. The van der Waals surface area contributed by atoms with Crippen molar-refractivity contribution in [3.05, 3.63) is 34.8 Å². The van der Waals surface area contributed by atoms with Gasteiger partial charge >= 0.3 is 5.69 Å². The molecule has 0 saturated heterocycles. The minimum Gasteiger partial charge on any atom is -0.294 e. The van der Waals surface area contributed by atoms with Crippen LogP contribution in [0.3, 0.4) is 0 Å². The Morgan fingerprint density at radius 2 is 1.31 bits per heavy atom. The fourth-order valence-electron chi connectivity index (χ4n) is 3.37. The van der Waals surface area contributed by atoms with Crippen LogP contribution < -0.4 is 0 Å². The van der Waals surface area contributed by atoms with Crippen molar-refractivity contribution in [3.8, 4) is 0 Å². The van der Waals surface area contributed by atoms with Crippen LogP contribution in [0.2, 0.25) is 0 Å². The summed E-state index contributed by atoms with van der Waals surface area (Å²) in [7, 11) is 0. The summed E-state index contributed by atoms with van der Waals surface area (Å²) >= 11 is 0. The van der Waals surface area contributed by atoms with Gasteiger partial charge in [0.25, 0.3) is 0 Å². The van der Waals surface area contributed by atoms with Crippen molar-refractivity contribution >= 4 is 11.5 Å². The molecule has 3 nitrogen and oxygen atoms in total. The van der Waals surface area contributed by atoms with Gasteiger partial charge in [0.05, 0.1) is 0 Å². The number of carbonyl (C=O) groups excluding carboxylic acids is 1. The summed E-state index contributed by atoms with van der Waals surface area (Å²) in [5, 5.41) is 8.77. The highest BCUT2D eigenvalue weighted by molar-refractivity contribution is 5.96. The molecule has 0 radical (unpaired) electrons. The Labute approximate surface area is 160 Å². The molecule has 0 aromatic heterocycles. The summed E-state index contributed by atoms with van der Waals surface area (Å²) in [5.74, 6) is 0.148. The zero-order chi connectivity index (χ0) is 18.9. The van der Waals surface area contributed by atoms with E-state index in [1.165, 1.54) is 77.0 Å². The average Bonchev–Trinajstić information content (AvgIpc) is 2.68. The molecule has 0 aliphatic heterocycles. The molecular formula is C23H37N2O+. The van der Waals surface area contributed by atoms with Crippen LogP contribution in [0.5, 0.6) is 0 Å². The number of nitrogens with zero attached hydrogens (tertiary/aromatic N) is 2. The first-order valence-corrected chi connectivity index (χ1v) is 10.8. The summed E-state index contributed by atoms with van der Waals surface area (Å²) in [6.45, 7) is 2.27. The third kappa shape index (κ3) is 11.0. The van der Waals surface area contributed by atoms with Gasteiger partial charge in [-0.15, -0.1) is 0 Å². The summed E-state index contributed by atoms with van der Waals surface area (Å²) in [4.78, 5) is 15.2. The first-order valence-electron chi connectivity index (χ1n) is 10.8. The van der Waals surface area contributed by atoms with Gasteiger partial charge in [0, 0.05) is 24.1 Å². The van der Waals surface area contributed by atoms with Crippen LogP contribution in [0, 0.1) is 5.39 Å². The molecule has 0 amide bonds. The molecule has 0 aliphatic rings. The smallest absolute Gasteiger partial charge is 0.294 e. The topological polar surface area (TPSA) is 45.2 Å². The summed E-state index contributed by atoms with van der Waals surface area (Å²) in [6, 6.07) is 6.88. The van der Waals surface area contributed by atoms with Gasteiger partial charge in [0.15, 0.2) is 10.8 Å². The first-order chi connectivity index (χ1) is 12.8. The van der Waals surface area contributed by atoms with Gasteiger partial charge in [0.2, 0.25) is 5.39 Å². The van der Waals surface area contributed by atoms with Crippen LogP contribution in [0.25, 0.3) is 4.98 Å². The van der Waals surface area contributed by atoms with Gasteiger partial charge < -0.3 is 0 Å². The lowest BCUT2D eigenvalue weighted by atomic mass is 10.0. The zero-order valence-corrected chi connectivity index (χ0v) is 16.7. The Hall–Kier alpha value is -1.69. The Morgan fingerprint density at radius 1 is 0.808 bits per heavy atom. The van der Waals surface area contributed by atoms with E-state index in [1.54, 1.807) is 24.3 Å². The lowest BCUT2D eigenvalue weighted by Crippen LogP contribution is -1.98. The third-order valence-corrected chi connectivity index (χ3v) is 5.04. The quantitative estimate of drug-likeness (QED) is 0.170. The van der Waals surface area contributed by atoms with E-state index in [9.17, 15) is 4.79 Å². The molecule has 1 rings (SSSR count). The Kier molecular flexibility index (Phi) is 13.4. The van der Waals surface area contributed by atoms with Crippen molar-refractivity contribution in [1.29, 1.82) is 5.39 Å². The zero-order valence-electron chi connectivity index (χ0n) is 16.7. The molecule has 1 aromatic carbocycles. The minimum atomic E-state index is 0.148. The molecule has 26 heavy (non-hydrogen) atoms. The highest BCUT2D eigenvalue weighted by Gasteiger charge is 2.10. The Morgan fingerprint density at radius 3 is 1.81 bits per heavy atom. The van der Waals surface area contributed by atoms with Gasteiger partial charge in [-0.25, -0.2) is 0 Å². The van der Waals surface area contributed by atoms with Crippen LogP contribution in [0.4, 0.5) is 5.69 Å². The average molecular weight is 358 g/mol. The Balaban J connectivity index is 1.90. The van der Waals surface area contributed by atoms with E-state index in [4.69, 9.17) is 5.39 Å². The summed E-state index contributed by atoms with van der Waals surface area (Å²) < 4.78 is 0. The fourth-order valence-corrected chi connectivity index (χ4v) is 3.37. The number of hydrogen-bond acceptors (Lipinski definition) is 2. The maximum atomic E-state index is 12.1. The molecule has 0 N–H and O–H groups in total. The number of Topliss-reactive ketones (excluding diaryl/α,β-unsaturated/α-hetero) is 1. The SMILES string of the molecule is CCCCCCCCCCCCCCCCC(=O)c1cccc([N+]#N)c1. The summed E-state index contributed by atoms with van der Waals surface area (Å²) in [5.41, 5.74) is 1.09. The highest BCUT2D eigenvalue weighted by Crippen LogP contribution is 2.17. The van der Waals surface area contributed by atoms with Crippen LogP contribution in [0.1, 0.15) is 114 Å². The van der Waals surface area contributed by atoms with E-state index in [-0.39, 0.29) is 5.78 Å². The minimum absolute atomic E-state index is 0.148. The normalized spacial score (nSPS) is 10.6. The van der Waals surface area contributed by atoms with Crippen molar-refractivity contribution in [3.63, 3.8) is 0 Å². The lowest BCUT2D eigenvalue weighted by Gasteiger charge is -2.03. The molecule has 0 unspecified atom stereocenters. The van der Waals surface area contributed by atoms with Gasteiger partial charge in [-0.3, -0.25) is 4.79 Å². The van der Waals surface area contributed by atoms with E-state index in [0.29, 0.717) is 17.7 Å². The number of ketones is 1. The number of carbonyl (C=O) groups is 1. The van der Waals surface area contributed by atoms with E-state index >= 15 is 0 Å². The second-order valence-electron chi connectivity index (χ2n) is 7.42. The first kappa shape index (κ1) is 22.4. The monoisotopic (exact) mass is 357 g/mol. The predicted molar refractivity (Wildman–Crippen MR) is 110 cm³/mol. The van der Waals surface area contributed by atoms with E-state index < -0.39 is 0 Å². The van der Waals surface area contributed by atoms with E-state index in [2.05, 4.69) is 11.9 Å². The molecule has 0 bridgehead atoms. The molecular weight excluding hydrogens is 320 g/mol. The van der Waals surface area contributed by atoms with Crippen LogP contribution in [-0.2, 0) is 0 Å². The lowest BCUT2D eigenvalue weighted by molar-refractivity contribution is 0.0979. The number of diazo groups is 1. The maximum absolute atomic E-state index is 12.1. The van der Waals surface area contributed by atoms with Gasteiger partial charge in [-0.1, -0.05) is 103 Å². The molecule has 0 atom stereocenters. The van der Waals surface area contributed by atoms with Crippen molar-refractivity contribution in [2.75, 3.05) is 0 Å². The largest absolute Gasteiger partial charge is 0.385 e. The van der Waals surface area contributed by atoms with Gasteiger partial charge in [-0.2, -0.15) is 0 Å². The van der Waals surface area contributed by atoms with Gasteiger partial charge in [-0.05, 0) is 6.42 Å². The molecule has 0 heterocycles. The molecule has 0 fully saturated rings. The maximum Gasteiger partial charge on any atom is 0.385 e. The molecule has 3 heteroatoms. The van der Waals surface area contributed by atoms with Crippen molar-refractivity contribution in [1.82, 2.24) is 0 Å². The molecule has 0 saturated carbocycles. The van der Waals surface area contributed by atoms with Crippen molar-refractivity contribution in [2.24, 2.45) is 0 Å². The van der Waals surface area contributed by atoms with Crippen LogP contribution in [0.15, 0.2) is 24.3 Å². The van der Waals surface area contributed by atoms with Crippen molar-refractivity contribution < 1.29 is 4.79 Å². The second kappa shape index (κ2) is 15.6. The number of hydrogen-bond donors (Lipinski definition) is 0. The summed E-state index contributed by atoms with van der Waals surface area (Å²) in [6.07, 6.45) is 19.1. The van der Waals surface area contributed by atoms with Crippen LogP contribution >= 0.6 is 0 Å². The van der Waals surface area contributed by atoms with Crippen molar-refractivity contribution in [2.45, 2.75) is 103 Å². The van der Waals surface area contributed by atoms with E-state index in [1.807, 2.05) is 0 Å². The third-order valence-electron chi connectivity index (χ3n) is 5.04. The predicted octanol–water partition coefficient (Wildman–Crippen LogP) is 8.23. The van der Waals surface area contributed by atoms with Gasteiger partial charge in [0.1, 0.15) is 0 Å². The molecule has 144 valence electrons.